The fraction of sp³-hybridized carbons (Fsp3) is 0.438. The summed E-state index contributed by atoms with van der Waals surface area (Å²) in [6.07, 6.45) is 6.19. The lowest BCUT2D eigenvalue weighted by Gasteiger charge is -2.13. The predicted molar refractivity (Wildman–Crippen MR) is 76.9 cm³/mol. The van der Waals surface area contributed by atoms with E-state index in [2.05, 4.69) is 23.3 Å². The Kier molecular flexibility index (Phi) is 3.28. The van der Waals surface area contributed by atoms with Gasteiger partial charge in [-0.15, -0.1) is 0 Å². The number of amides is 1. The van der Waals surface area contributed by atoms with Gasteiger partial charge in [0.1, 0.15) is 0 Å². The van der Waals surface area contributed by atoms with E-state index in [1.54, 1.807) is 0 Å². The van der Waals surface area contributed by atoms with Gasteiger partial charge in [0.05, 0.1) is 6.42 Å². The van der Waals surface area contributed by atoms with Crippen LogP contribution >= 0.6 is 0 Å². The van der Waals surface area contributed by atoms with Gasteiger partial charge >= 0.3 is 0 Å². The molecule has 0 aliphatic heterocycles. The average Bonchev–Trinajstić information content (AvgIpc) is 3.10. The minimum Gasteiger partial charge on any atom is -0.361 e. The Labute approximate surface area is 113 Å². The maximum absolute atomic E-state index is 12.0. The van der Waals surface area contributed by atoms with Crippen molar-refractivity contribution < 1.29 is 4.79 Å². The van der Waals surface area contributed by atoms with Crippen LogP contribution in [0.2, 0.25) is 0 Å². The predicted octanol–water partition coefficient (Wildman–Crippen LogP) is 3.02. The Morgan fingerprint density at radius 3 is 3.00 bits per heavy atom. The van der Waals surface area contributed by atoms with E-state index in [0.29, 0.717) is 12.5 Å². The molecule has 1 unspecified atom stereocenters. The number of carbonyl (C=O) groups excluding carboxylic acids is 1. The zero-order valence-corrected chi connectivity index (χ0v) is 11.3. The first-order valence-corrected chi connectivity index (χ1v) is 7.06. The summed E-state index contributed by atoms with van der Waals surface area (Å²) < 4.78 is 0. The number of fused-ring (bicyclic) bond motifs is 1. The van der Waals surface area contributed by atoms with Gasteiger partial charge in [-0.2, -0.15) is 0 Å². The largest absolute Gasteiger partial charge is 0.361 e. The molecule has 0 spiro atoms. The number of H-pyrrole nitrogens is 1. The van der Waals surface area contributed by atoms with Crippen molar-refractivity contribution in [2.75, 3.05) is 0 Å². The number of rotatable bonds is 5. The monoisotopic (exact) mass is 256 g/mol. The van der Waals surface area contributed by atoms with E-state index in [1.807, 2.05) is 24.4 Å². The Bertz CT molecular complexity index is 583. The molecular formula is C16H20N2O. The number of hydrogen-bond acceptors (Lipinski definition) is 1. The van der Waals surface area contributed by atoms with E-state index in [1.165, 1.54) is 12.8 Å². The molecule has 0 radical (unpaired) electrons. The van der Waals surface area contributed by atoms with Crippen LogP contribution in [0.1, 0.15) is 31.7 Å². The Hall–Kier alpha value is -1.77. The SMILES string of the molecule is CC(CC1CC1)NC(=O)Cc1c[nH]c2ccccc12. The maximum Gasteiger partial charge on any atom is 0.224 e. The molecule has 3 heteroatoms. The number of nitrogens with one attached hydrogen (secondary N) is 2. The minimum absolute atomic E-state index is 0.123. The molecule has 1 atom stereocenters. The second kappa shape index (κ2) is 5.08. The molecule has 1 fully saturated rings. The highest BCUT2D eigenvalue weighted by molar-refractivity contribution is 5.88. The second-order valence-corrected chi connectivity index (χ2v) is 5.68. The third-order valence-corrected chi connectivity index (χ3v) is 3.82. The molecule has 3 rings (SSSR count). The van der Waals surface area contributed by atoms with Crippen LogP contribution in [0.25, 0.3) is 10.9 Å². The van der Waals surface area contributed by atoms with E-state index < -0.39 is 0 Å². The summed E-state index contributed by atoms with van der Waals surface area (Å²) >= 11 is 0. The molecule has 1 aliphatic rings. The molecule has 2 aromatic rings. The molecule has 2 N–H and O–H groups in total. The van der Waals surface area contributed by atoms with Crippen molar-refractivity contribution in [2.24, 2.45) is 5.92 Å². The van der Waals surface area contributed by atoms with Crippen molar-refractivity contribution in [3.05, 3.63) is 36.0 Å². The van der Waals surface area contributed by atoms with Crippen LogP contribution in [0.3, 0.4) is 0 Å². The lowest BCUT2D eigenvalue weighted by molar-refractivity contribution is -0.121. The van der Waals surface area contributed by atoms with Gasteiger partial charge < -0.3 is 10.3 Å². The molecule has 1 aromatic carbocycles. The van der Waals surface area contributed by atoms with Crippen molar-refractivity contribution in [3.63, 3.8) is 0 Å². The molecule has 0 saturated heterocycles. The summed E-state index contributed by atoms with van der Waals surface area (Å²) in [5.74, 6) is 0.973. The van der Waals surface area contributed by atoms with Gasteiger partial charge in [-0.3, -0.25) is 4.79 Å². The van der Waals surface area contributed by atoms with Crippen molar-refractivity contribution in [2.45, 2.75) is 38.6 Å². The van der Waals surface area contributed by atoms with Gasteiger partial charge in [-0.25, -0.2) is 0 Å². The van der Waals surface area contributed by atoms with E-state index in [9.17, 15) is 4.79 Å². The average molecular weight is 256 g/mol. The summed E-state index contributed by atoms with van der Waals surface area (Å²) in [6.45, 7) is 2.10. The van der Waals surface area contributed by atoms with Gasteiger partial charge in [0.15, 0.2) is 0 Å². The third-order valence-electron chi connectivity index (χ3n) is 3.82. The molecule has 100 valence electrons. The number of hydrogen-bond donors (Lipinski definition) is 2. The number of para-hydroxylation sites is 1. The van der Waals surface area contributed by atoms with Crippen molar-refractivity contribution >= 4 is 16.8 Å². The fourth-order valence-corrected chi connectivity index (χ4v) is 2.69. The Balaban J connectivity index is 1.62. The molecule has 1 aliphatic carbocycles. The first-order valence-electron chi connectivity index (χ1n) is 7.06. The summed E-state index contributed by atoms with van der Waals surface area (Å²) in [7, 11) is 0. The Morgan fingerprint density at radius 2 is 2.21 bits per heavy atom. The normalized spacial score (nSPS) is 16.5. The van der Waals surface area contributed by atoms with Crippen molar-refractivity contribution in [3.8, 4) is 0 Å². The van der Waals surface area contributed by atoms with E-state index >= 15 is 0 Å². The van der Waals surface area contributed by atoms with Crippen LogP contribution in [-0.4, -0.2) is 16.9 Å². The number of benzene rings is 1. The highest BCUT2D eigenvalue weighted by Crippen LogP contribution is 2.33. The van der Waals surface area contributed by atoms with Crippen LogP contribution in [0.4, 0.5) is 0 Å². The van der Waals surface area contributed by atoms with Crippen LogP contribution in [0, 0.1) is 5.92 Å². The summed E-state index contributed by atoms with van der Waals surface area (Å²) in [5.41, 5.74) is 2.17. The summed E-state index contributed by atoms with van der Waals surface area (Å²) in [6, 6.07) is 8.40. The lowest BCUT2D eigenvalue weighted by atomic mass is 10.1. The number of carbonyl (C=O) groups is 1. The third kappa shape index (κ3) is 2.98. The van der Waals surface area contributed by atoms with Gasteiger partial charge in [0.25, 0.3) is 0 Å². The molecular weight excluding hydrogens is 236 g/mol. The van der Waals surface area contributed by atoms with Crippen LogP contribution in [-0.2, 0) is 11.2 Å². The van der Waals surface area contributed by atoms with Crippen LogP contribution in [0.5, 0.6) is 0 Å². The van der Waals surface area contributed by atoms with Crippen molar-refractivity contribution in [1.82, 2.24) is 10.3 Å². The Morgan fingerprint density at radius 1 is 1.42 bits per heavy atom. The standard InChI is InChI=1S/C16H20N2O/c1-11(8-12-6-7-12)18-16(19)9-13-10-17-15-5-3-2-4-14(13)15/h2-5,10-12,17H,6-9H2,1H3,(H,18,19). The quantitative estimate of drug-likeness (QED) is 0.848. The molecule has 1 heterocycles. The van der Waals surface area contributed by atoms with Gasteiger partial charge in [0.2, 0.25) is 5.91 Å². The maximum atomic E-state index is 12.0. The van der Waals surface area contributed by atoms with Gasteiger partial charge in [0, 0.05) is 23.1 Å². The second-order valence-electron chi connectivity index (χ2n) is 5.68. The first-order chi connectivity index (χ1) is 9.22. The molecule has 1 aromatic heterocycles. The molecule has 0 bridgehead atoms. The number of aromatic nitrogens is 1. The lowest BCUT2D eigenvalue weighted by Crippen LogP contribution is -2.33. The first kappa shape index (κ1) is 12.3. The van der Waals surface area contributed by atoms with Crippen LogP contribution < -0.4 is 5.32 Å². The van der Waals surface area contributed by atoms with E-state index in [-0.39, 0.29) is 5.91 Å². The van der Waals surface area contributed by atoms with E-state index in [0.717, 1.165) is 28.8 Å². The van der Waals surface area contributed by atoms with Crippen LogP contribution in [0.15, 0.2) is 30.5 Å². The minimum atomic E-state index is 0.123. The summed E-state index contributed by atoms with van der Waals surface area (Å²) in [5, 5.41) is 4.25. The molecule has 19 heavy (non-hydrogen) atoms. The highest BCUT2D eigenvalue weighted by Gasteiger charge is 2.24. The molecule has 3 nitrogen and oxygen atoms in total. The zero-order chi connectivity index (χ0) is 13.2. The molecule has 1 saturated carbocycles. The smallest absolute Gasteiger partial charge is 0.224 e. The zero-order valence-electron chi connectivity index (χ0n) is 11.3. The highest BCUT2D eigenvalue weighted by atomic mass is 16.1. The van der Waals surface area contributed by atoms with E-state index in [4.69, 9.17) is 0 Å². The van der Waals surface area contributed by atoms with Gasteiger partial charge in [-0.05, 0) is 30.9 Å². The van der Waals surface area contributed by atoms with Gasteiger partial charge in [-0.1, -0.05) is 31.0 Å². The molecule has 1 amide bonds. The fourth-order valence-electron chi connectivity index (χ4n) is 2.69. The topological polar surface area (TPSA) is 44.9 Å². The number of aromatic amines is 1. The van der Waals surface area contributed by atoms with Crippen molar-refractivity contribution in [1.29, 1.82) is 0 Å². The summed E-state index contributed by atoms with van der Waals surface area (Å²) in [4.78, 5) is 15.3.